The van der Waals surface area contributed by atoms with E-state index in [1.54, 1.807) is 5.57 Å². The Balaban J connectivity index is 2.19. The van der Waals surface area contributed by atoms with Crippen molar-refractivity contribution >= 4 is 5.57 Å². The van der Waals surface area contributed by atoms with E-state index in [0.29, 0.717) is 0 Å². The average Bonchev–Trinajstić information content (AvgIpc) is 2.21. The van der Waals surface area contributed by atoms with E-state index in [0.717, 1.165) is 5.92 Å². The predicted octanol–water partition coefficient (Wildman–Crippen LogP) is 4.20. The smallest absolute Gasteiger partial charge is 0.0228 e. The van der Waals surface area contributed by atoms with Gasteiger partial charge >= 0.3 is 0 Å². The minimum absolute atomic E-state index is 0.879. The van der Waals surface area contributed by atoms with Gasteiger partial charge in [0.05, 0.1) is 0 Å². The summed E-state index contributed by atoms with van der Waals surface area (Å²) in [7, 11) is 0. The van der Waals surface area contributed by atoms with E-state index in [-0.39, 0.29) is 0 Å². The minimum Gasteiger partial charge on any atom is -0.0805 e. The minimum atomic E-state index is 0.879. The van der Waals surface area contributed by atoms with Crippen molar-refractivity contribution in [3.05, 3.63) is 41.5 Å². The van der Waals surface area contributed by atoms with Crippen LogP contribution in [-0.4, -0.2) is 0 Å². The Bertz CT molecular complexity index is 330. The molecule has 0 bridgehead atoms. The van der Waals surface area contributed by atoms with Crippen LogP contribution in [0.25, 0.3) is 5.57 Å². The molecule has 0 radical (unpaired) electrons. The van der Waals surface area contributed by atoms with Gasteiger partial charge in [-0.05, 0) is 43.2 Å². The van der Waals surface area contributed by atoms with Gasteiger partial charge in [0.2, 0.25) is 0 Å². The Morgan fingerprint density at radius 3 is 2.43 bits per heavy atom. The number of rotatable bonds is 1. The zero-order valence-corrected chi connectivity index (χ0v) is 9.09. The molecule has 0 heterocycles. The number of benzene rings is 1. The molecular formula is C14H18. The third-order valence-corrected chi connectivity index (χ3v) is 3.10. The maximum Gasteiger partial charge on any atom is -0.0228 e. The lowest BCUT2D eigenvalue weighted by Gasteiger charge is -2.18. The second-order valence-electron chi connectivity index (χ2n) is 4.47. The molecule has 1 unspecified atom stereocenters. The summed E-state index contributed by atoms with van der Waals surface area (Å²) >= 11 is 0. The standard InChI is InChI=1S/C14H18/c1-11-3-7-13(8-4-11)14-9-5-12(2)6-10-14/h3-4,7-9,12H,5-6,10H2,1-2H3. The van der Waals surface area contributed by atoms with Crippen molar-refractivity contribution in [3.8, 4) is 0 Å². The molecule has 0 aliphatic heterocycles. The number of allylic oxidation sites excluding steroid dienone is 2. The SMILES string of the molecule is Cc1ccc(C2=CCC(C)CC2)cc1. The van der Waals surface area contributed by atoms with Crippen LogP contribution in [0.1, 0.15) is 37.3 Å². The highest BCUT2D eigenvalue weighted by molar-refractivity contribution is 5.66. The maximum atomic E-state index is 2.42. The maximum absolute atomic E-state index is 2.42. The monoisotopic (exact) mass is 186 g/mol. The first-order valence-electron chi connectivity index (χ1n) is 5.52. The van der Waals surface area contributed by atoms with Gasteiger partial charge in [0, 0.05) is 0 Å². The van der Waals surface area contributed by atoms with E-state index >= 15 is 0 Å². The van der Waals surface area contributed by atoms with Crippen LogP contribution in [0.4, 0.5) is 0 Å². The first-order chi connectivity index (χ1) is 6.75. The fourth-order valence-corrected chi connectivity index (χ4v) is 2.00. The van der Waals surface area contributed by atoms with Crippen LogP contribution in [0.5, 0.6) is 0 Å². The lowest BCUT2D eigenvalue weighted by atomic mass is 9.87. The van der Waals surface area contributed by atoms with E-state index in [1.807, 2.05) is 0 Å². The van der Waals surface area contributed by atoms with E-state index in [9.17, 15) is 0 Å². The third-order valence-electron chi connectivity index (χ3n) is 3.10. The molecule has 0 heteroatoms. The largest absolute Gasteiger partial charge is 0.0805 e. The van der Waals surface area contributed by atoms with Gasteiger partial charge in [-0.3, -0.25) is 0 Å². The van der Waals surface area contributed by atoms with Crippen molar-refractivity contribution in [1.29, 1.82) is 0 Å². The van der Waals surface area contributed by atoms with Gasteiger partial charge in [0.25, 0.3) is 0 Å². The normalized spacial score (nSPS) is 21.9. The highest BCUT2D eigenvalue weighted by atomic mass is 14.2. The Labute approximate surface area is 86.7 Å². The number of hydrogen-bond acceptors (Lipinski definition) is 0. The Kier molecular flexibility index (Phi) is 2.72. The molecule has 0 aromatic heterocycles. The van der Waals surface area contributed by atoms with E-state index in [2.05, 4.69) is 44.2 Å². The van der Waals surface area contributed by atoms with Crippen molar-refractivity contribution in [2.24, 2.45) is 5.92 Å². The molecule has 14 heavy (non-hydrogen) atoms. The second kappa shape index (κ2) is 4.00. The highest BCUT2D eigenvalue weighted by Gasteiger charge is 2.10. The highest BCUT2D eigenvalue weighted by Crippen LogP contribution is 2.29. The molecule has 0 saturated carbocycles. The third kappa shape index (κ3) is 2.06. The zero-order valence-electron chi connectivity index (χ0n) is 9.09. The quantitative estimate of drug-likeness (QED) is 0.616. The molecule has 1 aliphatic rings. The molecule has 1 aromatic rings. The van der Waals surface area contributed by atoms with E-state index in [1.165, 1.54) is 30.4 Å². The summed E-state index contributed by atoms with van der Waals surface area (Å²) in [5.41, 5.74) is 4.31. The molecule has 0 nitrogen and oxygen atoms in total. The lowest BCUT2D eigenvalue weighted by molar-refractivity contribution is 0.534. The number of aryl methyl sites for hydroxylation is 1. The summed E-state index contributed by atoms with van der Waals surface area (Å²) in [6.45, 7) is 4.48. The van der Waals surface area contributed by atoms with E-state index in [4.69, 9.17) is 0 Å². The fraction of sp³-hybridized carbons (Fsp3) is 0.429. The molecule has 0 amide bonds. The average molecular weight is 186 g/mol. The summed E-state index contributed by atoms with van der Waals surface area (Å²) in [6, 6.07) is 8.90. The van der Waals surface area contributed by atoms with Crippen LogP contribution < -0.4 is 0 Å². The Morgan fingerprint density at radius 1 is 1.14 bits per heavy atom. The summed E-state index contributed by atoms with van der Waals surface area (Å²) in [5, 5.41) is 0. The van der Waals surface area contributed by atoms with Crippen molar-refractivity contribution in [2.75, 3.05) is 0 Å². The van der Waals surface area contributed by atoms with Gasteiger partial charge in [0.15, 0.2) is 0 Å². The fourth-order valence-electron chi connectivity index (χ4n) is 2.00. The lowest BCUT2D eigenvalue weighted by Crippen LogP contribution is -2.00. The zero-order chi connectivity index (χ0) is 9.97. The van der Waals surface area contributed by atoms with Crippen LogP contribution in [0.3, 0.4) is 0 Å². The summed E-state index contributed by atoms with van der Waals surface area (Å²) in [5.74, 6) is 0.879. The van der Waals surface area contributed by atoms with Crippen molar-refractivity contribution < 1.29 is 0 Å². The molecule has 0 spiro atoms. The molecule has 0 saturated heterocycles. The molecule has 1 atom stereocenters. The van der Waals surface area contributed by atoms with Gasteiger partial charge in [-0.25, -0.2) is 0 Å². The molecule has 0 N–H and O–H groups in total. The van der Waals surface area contributed by atoms with Gasteiger partial charge in [-0.15, -0.1) is 0 Å². The first kappa shape index (κ1) is 9.51. The van der Waals surface area contributed by atoms with Gasteiger partial charge in [-0.1, -0.05) is 42.8 Å². The molecule has 1 aromatic carbocycles. The summed E-state index contributed by atoms with van der Waals surface area (Å²) in [4.78, 5) is 0. The predicted molar refractivity (Wildman–Crippen MR) is 62.2 cm³/mol. The molecule has 74 valence electrons. The van der Waals surface area contributed by atoms with Crippen molar-refractivity contribution in [3.63, 3.8) is 0 Å². The number of hydrogen-bond donors (Lipinski definition) is 0. The molecular weight excluding hydrogens is 168 g/mol. The van der Waals surface area contributed by atoms with Crippen molar-refractivity contribution in [2.45, 2.75) is 33.1 Å². The van der Waals surface area contributed by atoms with Crippen LogP contribution in [0.15, 0.2) is 30.3 Å². The first-order valence-corrected chi connectivity index (χ1v) is 5.52. The van der Waals surface area contributed by atoms with Gasteiger partial charge < -0.3 is 0 Å². The van der Waals surface area contributed by atoms with Crippen LogP contribution in [-0.2, 0) is 0 Å². The topological polar surface area (TPSA) is 0 Å². The molecule has 2 rings (SSSR count). The molecule has 0 fully saturated rings. The Hall–Kier alpha value is -1.04. The summed E-state index contributed by atoms with van der Waals surface area (Å²) in [6.07, 6.45) is 6.27. The second-order valence-corrected chi connectivity index (χ2v) is 4.47. The van der Waals surface area contributed by atoms with E-state index < -0.39 is 0 Å². The van der Waals surface area contributed by atoms with Crippen molar-refractivity contribution in [1.82, 2.24) is 0 Å². The molecule has 1 aliphatic carbocycles. The van der Waals surface area contributed by atoms with Crippen LogP contribution in [0.2, 0.25) is 0 Å². The Morgan fingerprint density at radius 2 is 1.86 bits per heavy atom. The van der Waals surface area contributed by atoms with Gasteiger partial charge in [0.1, 0.15) is 0 Å². The van der Waals surface area contributed by atoms with Crippen LogP contribution >= 0.6 is 0 Å². The van der Waals surface area contributed by atoms with Crippen LogP contribution in [0, 0.1) is 12.8 Å². The summed E-state index contributed by atoms with van der Waals surface area (Å²) < 4.78 is 0. The van der Waals surface area contributed by atoms with Gasteiger partial charge in [-0.2, -0.15) is 0 Å².